The highest BCUT2D eigenvalue weighted by molar-refractivity contribution is 14.0. The molecular weight excluding hydrogens is 426 g/mol. The van der Waals surface area contributed by atoms with Gasteiger partial charge in [0.1, 0.15) is 5.82 Å². The summed E-state index contributed by atoms with van der Waals surface area (Å²) in [6.45, 7) is 6.14. The van der Waals surface area contributed by atoms with Crippen LogP contribution in [-0.2, 0) is 13.0 Å². The summed E-state index contributed by atoms with van der Waals surface area (Å²) in [5.41, 5.74) is 3.84. The predicted octanol–water partition coefficient (Wildman–Crippen LogP) is 3.51. The van der Waals surface area contributed by atoms with Gasteiger partial charge in [0.15, 0.2) is 5.96 Å². The monoisotopic (exact) mass is 448 g/mol. The van der Waals surface area contributed by atoms with E-state index in [0.717, 1.165) is 30.2 Å². The smallest absolute Gasteiger partial charge is 0.191 e. The molecule has 7 heteroatoms. The molecule has 23 heavy (non-hydrogen) atoms. The summed E-state index contributed by atoms with van der Waals surface area (Å²) >= 11 is 1.62. The van der Waals surface area contributed by atoms with E-state index in [1.54, 1.807) is 23.5 Å². The molecule has 0 bridgehead atoms. The van der Waals surface area contributed by atoms with Gasteiger partial charge in [0.25, 0.3) is 0 Å². The first kappa shape index (κ1) is 19.8. The maximum Gasteiger partial charge on any atom is 0.191 e. The summed E-state index contributed by atoms with van der Waals surface area (Å²) < 4.78 is 13.1. The Morgan fingerprint density at radius 2 is 2.17 bits per heavy atom. The lowest BCUT2D eigenvalue weighted by atomic mass is 10.1. The van der Waals surface area contributed by atoms with Crippen molar-refractivity contribution in [3.63, 3.8) is 0 Å². The minimum Gasteiger partial charge on any atom is -0.357 e. The van der Waals surface area contributed by atoms with Crippen molar-refractivity contribution in [2.45, 2.75) is 26.8 Å². The molecule has 4 nitrogen and oxygen atoms in total. The molecule has 2 rings (SSSR count). The molecule has 2 N–H and O–H groups in total. The van der Waals surface area contributed by atoms with Crippen molar-refractivity contribution in [3.8, 4) is 0 Å². The lowest BCUT2D eigenvalue weighted by Crippen LogP contribution is -2.38. The van der Waals surface area contributed by atoms with E-state index in [-0.39, 0.29) is 29.8 Å². The van der Waals surface area contributed by atoms with E-state index in [1.165, 1.54) is 10.9 Å². The van der Waals surface area contributed by atoms with Crippen molar-refractivity contribution in [2.24, 2.45) is 4.99 Å². The molecule has 0 saturated carbocycles. The Morgan fingerprint density at radius 3 is 2.83 bits per heavy atom. The first-order chi connectivity index (χ1) is 10.7. The number of nitrogens with one attached hydrogen (secondary N) is 2. The Kier molecular flexibility index (Phi) is 9.08. The van der Waals surface area contributed by atoms with Crippen molar-refractivity contribution in [1.82, 2.24) is 15.6 Å². The van der Waals surface area contributed by atoms with Crippen LogP contribution in [0.5, 0.6) is 0 Å². The number of rotatable bonds is 6. The van der Waals surface area contributed by atoms with Gasteiger partial charge in [-0.3, -0.25) is 0 Å². The summed E-state index contributed by atoms with van der Waals surface area (Å²) in [7, 11) is 0. The lowest BCUT2D eigenvalue weighted by molar-refractivity contribution is 0.625. The van der Waals surface area contributed by atoms with E-state index < -0.39 is 0 Å². The van der Waals surface area contributed by atoms with Crippen LogP contribution in [0.15, 0.2) is 34.8 Å². The summed E-state index contributed by atoms with van der Waals surface area (Å²) in [6, 6.07) is 6.68. The molecule has 1 aromatic carbocycles. The second kappa shape index (κ2) is 10.5. The number of thiazole rings is 1. The van der Waals surface area contributed by atoms with E-state index >= 15 is 0 Å². The van der Waals surface area contributed by atoms with Crippen molar-refractivity contribution < 1.29 is 4.39 Å². The van der Waals surface area contributed by atoms with Crippen LogP contribution in [0.3, 0.4) is 0 Å². The van der Waals surface area contributed by atoms with Crippen LogP contribution in [0.2, 0.25) is 0 Å². The number of benzene rings is 1. The molecule has 0 spiro atoms. The first-order valence-electron chi connectivity index (χ1n) is 7.34. The van der Waals surface area contributed by atoms with E-state index in [1.807, 2.05) is 25.4 Å². The van der Waals surface area contributed by atoms with E-state index in [2.05, 4.69) is 20.6 Å². The van der Waals surface area contributed by atoms with E-state index in [4.69, 9.17) is 0 Å². The molecule has 0 amide bonds. The first-order valence-corrected chi connectivity index (χ1v) is 8.22. The third kappa shape index (κ3) is 6.82. The molecule has 0 aliphatic heterocycles. The van der Waals surface area contributed by atoms with Gasteiger partial charge in [0, 0.05) is 18.0 Å². The highest BCUT2D eigenvalue weighted by Crippen LogP contribution is 2.12. The number of hydrogen-bond donors (Lipinski definition) is 2. The molecule has 0 unspecified atom stereocenters. The van der Waals surface area contributed by atoms with Crippen LogP contribution in [0.1, 0.15) is 23.1 Å². The second-order valence-corrected chi connectivity index (χ2v) is 5.80. The van der Waals surface area contributed by atoms with Gasteiger partial charge in [-0.1, -0.05) is 12.1 Å². The molecule has 0 saturated heterocycles. The number of halogens is 2. The van der Waals surface area contributed by atoms with Gasteiger partial charge in [-0.15, -0.1) is 35.3 Å². The quantitative estimate of drug-likeness (QED) is 0.404. The van der Waals surface area contributed by atoms with Gasteiger partial charge in [-0.2, -0.15) is 0 Å². The average Bonchev–Trinajstić information content (AvgIpc) is 2.90. The fraction of sp³-hybridized carbons (Fsp3) is 0.375. The fourth-order valence-corrected chi connectivity index (χ4v) is 2.69. The van der Waals surface area contributed by atoms with E-state index in [9.17, 15) is 4.39 Å². The second-order valence-electron chi connectivity index (χ2n) is 4.86. The maximum absolute atomic E-state index is 13.1. The summed E-state index contributed by atoms with van der Waals surface area (Å²) in [5, 5.41) is 6.48. The van der Waals surface area contributed by atoms with Crippen LogP contribution < -0.4 is 10.6 Å². The molecule has 1 heterocycles. The third-order valence-corrected chi connectivity index (χ3v) is 4.08. The zero-order chi connectivity index (χ0) is 15.8. The molecule has 126 valence electrons. The van der Waals surface area contributed by atoms with Gasteiger partial charge in [0.05, 0.1) is 17.7 Å². The summed E-state index contributed by atoms with van der Waals surface area (Å²) in [4.78, 5) is 9.95. The van der Waals surface area contributed by atoms with Crippen LogP contribution in [0.25, 0.3) is 0 Å². The maximum atomic E-state index is 13.1. The zero-order valence-corrected chi connectivity index (χ0v) is 16.5. The SMILES string of the molecule is CCNC(=NCc1scnc1C)NCCc1cccc(F)c1.I. The van der Waals surface area contributed by atoms with Gasteiger partial charge >= 0.3 is 0 Å². The van der Waals surface area contributed by atoms with Gasteiger partial charge < -0.3 is 10.6 Å². The Labute approximate surface area is 157 Å². The highest BCUT2D eigenvalue weighted by Gasteiger charge is 2.02. The molecule has 0 radical (unpaired) electrons. The standard InChI is InChI=1S/C16H21FN4S.HI/c1-3-18-16(20-10-15-12(2)21-11-22-15)19-8-7-13-5-4-6-14(17)9-13;/h4-6,9,11H,3,7-8,10H2,1-2H3,(H2,18,19,20);1H. The van der Waals surface area contributed by atoms with Crippen LogP contribution >= 0.6 is 35.3 Å². The summed E-state index contributed by atoms with van der Waals surface area (Å²) in [5.74, 6) is 0.574. The van der Waals surface area contributed by atoms with Crippen LogP contribution in [0.4, 0.5) is 4.39 Å². The van der Waals surface area contributed by atoms with Crippen molar-refractivity contribution in [2.75, 3.05) is 13.1 Å². The number of nitrogens with zero attached hydrogens (tertiary/aromatic N) is 2. The molecule has 0 aliphatic rings. The molecule has 0 aliphatic carbocycles. The van der Waals surface area contributed by atoms with Crippen LogP contribution in [-0.4, -0.2) is 24.0 Å². The Morgan fingerprint density at radius 1 is 1.35 bits per heavy atom. The van der Waals surface area contributed by atoms with Crippen molar-refractivity contribution in [1.29, 1.82) is 0 Å². The highest BCUT2D eigenvalue weighted by atomic mass is 127. The number of hydrogen-bond acceptors (Lipinski definition) is 3. The largest absolute Gasteiger partial charge is 0.357 e. The summed E-state index contributed by atoms with van der Waals surface area (Å²) in [6.07, 6.45) is 0.752. The molecule has 2 aromatic rings. The number of guanidine groups is 1. The van der Waals surface area contributed by atoms with Gasteiger partial charge in [0.2, 0.25) is 0 Å². The molecule has 1 aromatic heterocycles. The molecular formula is C16H22FIN4S. The lowest BCUT2D eigenvalue weighted by Gasteiger charge is -2.11. The topological polar surface area (TPSA) is 49.3 Å². The Balaban J connectivity index is 0.00000264. The van der Waals surface area contributed by atoms with Crippen molar-refractivity contribution in [3.05, 3.63) is 51.7 Å². The van der Waals surface area contributed by atoms with Gasteiger partial charge in [-0.25, -0.2) is 14.4 Å². The Hall–Kier alpha value is -1.22. The molecule has 0 fully saturated rings. The Bertz CT molecular complexity index is 630. The van der Waals surface area contributed by atoms with Crippen LogP contribution in [0, 0.1) is 12.7 Å². The minimum absolute atomic E-state index is 0. The van der Waals surface area contributed by atoms with Gasteiger partial charge in [-0.05, 0) is 38.0 Å². The third-order valence-electron chi connectivity index (χ3n) is 3.17. The molecule has 0 atom stereocenters. The predicted molar refractivity (Wildman–Crippen MR) is 105 cm³/mol. The zero-order valence-electron chi connectivity index (χ0n) is 13.3. The van der Waals surface area contributed by atoms with Crippen molar-refractivity contribution >= 4 is 41.3 Å². The van der Waals surface area contributed by atoms with E-state index in [0.29, 0.717) is 13.1 Å². The average molecular weight is 448 g/mol. The number of aromatic nitrogens is 1. The fourth-order valence-electron chi connectivity index (χ4n) is 1.99. The minimum atomic E-state index is -0.196. The number of aliphatic imine (C=N–C) groups is 1. The normalized spacial score (nSPS) is 11.0. The number of aryl methyl sites for hydroxylation is 1.